The van der Waals surface area contributed by atoms with Gasteiger partial charge in [0.05, 0.1) is 6.10 Å². The van der Waals surface area contributed by atoms with Gasteiger partial charge in [0.2, 0.25) is 0 Å². The molecule has 0 saturated carbocycles. The monoisotopic (exact) mass is 343 g/mol. The van der Waals surface area contributed by atoms with E-state index in [0.717, 1.165) is 31.6 Å². The van der Waals surface area contributed by atoms with E-state index in [0.29, 0.717) is 6.10 Å². The fourth-order valence-electron chi connectivity index (χ4n) is 2.51. The molecule has 0 aliphatic heterocycles. The van der Waals surface area contributed by atoms with Crippen LogP contribution in [0.25, 0.3) is 0 Å². The number of hydrogen-bond acceptors (Lipinski definition) is 2. The summed E-state index contributed by atoms with van der Waals surface area (Å²) in [5, 5.41) is 0. The number of para-hydroxylation sites is 1. The van der Waals surface area contributed by atoms with Gasteiger partial charge in [0.1, 0.15) is 5.75 Å². The van der Waals surface area contributed by atoms with Crippen molar-refractivity contribution in [2.45, 2.75) is 67.4 Å². The molecule has 2 aromatic rings. The van der Waals surface area contributed by atoms with Crippen molar-refractivity contribution < 1.29 is 4.74 Å². The van der Waals surface area contributed by atoms with Crippen molar-refractivity contribution in [3.63, 3.8) is 0 Å². The summed E-state index contributed by atoms with van der Waals surface area (Å²) < 4.78 is 5.69. The van der Waals surface area contributed by atoms with Gasteiger partial charge in [-0.3, -0.25) is 0 Å². The quantitative estimate of drug-likeness (QED) is 0.698. The highest BCUT2D eigenvalue weighted by atomic mass is 16.5. The molecule has 0 saturated heterocycles. The second-order valence-corrected chi connectivity index (χ2v) is 6.36. The molecule has 0 spiro atoms. The summed E-state index contributed by atoms with van der Waals surface area (Å²) in [6.45, 7) is 11.4. The van der Waals surface area contributed by atoms with Crippen molar-refractivity contribution in [3.8, 4) is 5.75 Å². The van der Waals surface area contributed by atoms with Gasteiger partial charge in [-0.05, 0) is 81.8 Å². The van der Waals surface area contributed by atoms with Gasteiger partial charge >= 0.3 is 0 Å². The molecule has 2 nitrogen and oxygen atoms in total. The van der Waals surface area contributed by atoms with Crippen molar-refractivity contribution in [2.24, 2.45) is 5.73 Å². The first-order valence-electron chi connectivity index (χ1n) is 8.97. The largest absolute Gasteiger partial charge is 0.490 e. The van der Waals surface area contributed by atoms with Crippen LogP contribution in [0.1, 0.15) is 56.4 Å². The standard InChI is InChI=1S/C11H17N.C11H16O.CH4/c1-9-5-3-6-10(2)11(9)7-4-8-12;1-4-10(3)12-11-8-6-5-7-9(11)2;/h3,5-6H,4,7-8,12H2,1-2H3;5-8,10H,4H2,1-3H3;1H4. The molecule has 1 atom stereocenters. The maximum atomic E-state index is 5.69. The van der Waals surface area contributed by atoms with Crippen LogP contribution >= 0.6 is 0 Å². The van der Waals surface area contributed by atoms with Gasteiger partial charge in [0.15, 0.2) is 0 Å². The molecule has 0 heterocycles. The molecule has 0 aromatic heterocycles. The predicted molar refractivity (Wildman–Crippen MR) is 112 cm³/mol. The smallest absolute Gasteiger partial charge is 0.122 e. The summed E-state index contributed by atoms with van der Waals surface area (Å²) in [6, 6.07) is 14.6. The van der Waals surface area contributed by atoms with Crippen LogP contribution in [0.5, 0.6) is 5.75 Å². The molecular formula is C23H37NO. The summed E-state index contributed by atoms with van der Waals surface area (Å²) in [5.74, 6) is 1.01. The van der Waals surface area contributed by atoms with Gasteiger partial charge < -0.3 is 10.5 Å². The molecule has 2 rings (SSSR count). The lowest BCUT2D eigenvalue weighted by Crippen LogP contribution is -2.10. The number of rotatable bonds is 6. The van der Waals surface area contributed by atoms with Crippen molar-refractivity contribution in [1.29, 1.82) is 0 Å². The molecule has 0 aliphatic rings. The Morgan fingerprint density at radius 2 is 1.48 bits per heavy atom. The lowest BCUT2D eigenvalue weighted by molar-refractivity contribution is 0.216. The van der Waals surface area contributed by atoms with Crippen molar-refractivity contribution in [1.82, 2.24) is 0 Å². The number of nitrogens with two attached hydrogens (primary N) is 1. The molecule has 2 aromatic carbocycles. The Balaban J connectivity index is 0.000000443. The number of hydrogen-bond donors (Lipinski definition) is 1. The Labute approximate surface area is 155 Å². The van der Waals surface area contributed by atoms with Crippen LogP contribution in [0.15, 0.2) is 42.5 Å². The first-order chi connectivity index (χ1) is 11.5. The summed E-state index contributed by atoms with van der Waals surface area (Å²) >= 11 is 0. The van der Waals surface area contributed by atoms with Gasteiger partial charge in [0.25, 0.3) is 0 Å². The molecule has 0 fully saturated rings. The predicted octanol–water partition coefficient (Wildman–Crippen LogP) is 6.00. The van der Waals surface area contributed by atoms with Crippen molar-refractivity contribution in [2.75, 3.05) is 6.54 Å². The molecule has 0 radical (unpaired) electrons. The first-order valence-corrected chi connectivity index (χ1v) is 8.97. The van der Waals surface area contributed by atoms with Gasteiger partial charge in [-0.15, -0.1) is 0 Å². The number of ether oxygens (including phenoxy) is 1. The number of aryl methyl sites for hydroxylation is 3. The summed E-state index contributed by atoms with van der Waals surface area (Å²) in [6.07, 6.45) is 3.57. The van der Waals surface area contributed by atoms with Gasteiger partial charge in [-0.1, -0.05) is 50.7 Å². The number of benzene rings is 2. The summed E-state index contributed by atoms with van der Waals surface area (Å²) in [4.78, 5) is 0. The Morgan fingerprint density at radius 3 is 2.00 bits per heavy atom. The fourth-order valence-corrected chi connectivity index (χ4v) is 2.51. The molecule has 0 aliphatic carbocycles. The highest BCUT2D eigenvalue weighted by molar-refractivity contribution is 5.33. The highest BCUT2D eigenvalue weighted by Gasteiger charge is 2.02. The zero-order chi connectivity index (χ0) is 17.9. The second-order valence-electron chi connectivity index (χ2n) is 6.36. The van der Waals surface area contributed by atoms with Crippen LogP contribution in [0.3, 0.4) is 0 Å². The van der Waals surface area contributed by atoms with E-state index in [1.54, 1.807) is 0 Å². The van der Waals surface area contributed by atoms with E-state index in [4.69, 9.17) is 10.5 Å². The van der Waals surface area contributed by atoms with Crippen LogP contribution in [0.4, 0.5) is 0 Å². The van der Waals surface area contributed by atoms with E-state index < -0.39 is 0 Å². The lowest BCUT2D eigenvalue weighted by Gasteiger charge is -2.13. The third kappa shape index (κ3) is 8.22. The average Bonchev–Trinajstić information content (AvgIpc) is 2.57. The molecule has 0 amide bonds. The second kappa shape index (κ2) is 12.5. The zero-order valence-corrected chi connectivity index (χ0v) is 15.9. The molecule has 2 N–H and O–H groups in total. The SMILES string of the molecule is C.CCC(C)Oc1ccccc1C.Cc1cccc(C)c1CCCN. The molecule has 25 heavy (non-hydrogen) atoms. The molecular weight excluding hydrogens is 306 g/mol. The fraction of sp³-hybridized carbons (Fsp3) is 0.478. The molecule has 2 heteroatoms. The van der Waals surface area contributed by atoms with Crippen LogP contribution < -0.4 is 10.5 Å². The van der Waals surface area contributed by atoms with Crippen molar-refractivity contribution in [3.05, 3.63) is 64.7 Å². The maximum absolute atomic E-state index is 5.69. The van der Waals surface area contributed by atoms with Crippen LogP contribution in [0, 0.1) is 20.8 Å². The minimum Gasteiger partial charge on any atom is -0.490 e. The van der Waals surface area contributed by atoms with Crippen LogP contribution in [0.2, 0.25) is 0 Å². The van der Waals surface area contributed by atoms with E-state index in [1.807, 2.05) is 18.2 Å². The highest BCUT2D eigenvalue weighted by Crippen LogP contribution is 2.18. The van der Waals surface area contributed by atoms with Gasteiger partial charge in [0, 0.05) is 0 Å². The van der Waals surface area contributed by atoms with E-state index in [2.05, 4.69) is 58.9 Å². The molecule has 0 bridgehead atoms. The minimum atomic E-state index is 0. The topological polar surface area (TPSA) is 35.2 Å². The molecule has 140 valence electrons. The Hall–Kier alpha value is -1.80. The summed E-state index contributed by atoms with van der Waals surface area (Å²) in [5.41, 5.74) is 10.9. The lowest BCUT2D eigenvalue weighted by atomic mass is 9.99. The zero-order valence-electron chi connectivity index (χ0n) is 15.9. The summed E-state index contributed by atoms with van der Waals surface area (Å²) in [7, 11) is 0. The van der Waals surface area contributed by atoms with Crippen LogP contribution in [-0.4, -0.2) is 12.6 Å². The average molecular weight is 344 g/mol. The third-order valence-electron chi connectivity index (χ3n) is 4.27. The van der Waals surface area contributed by atoms with E-state index >= 15 is 0 Å². The van der Waals surface area contributed by atoms with Gasteiger partial charge in [-0.25, -0.2) is 0 Å². The maximum Gasteiger partial charge on any atom is 0.122 e. The third-order valence-corrected chi connectivity index (χ3v) is 4.27. The normalized spacial score (nSPS) is 11.0. The van der Waals surface area contributed by atoms with E-state index in [1.165, 1.54) is 22.3 Å². The van der Waals surface area contributed by atoms with E-state index in [-0.39, 0.29) is 7.43 Å². The first kappa shape index (κ1) is 23.2. The van der Waals surface area contributed by atoms with E-state index in [9.17, 15) is 0 Å². The Morgan fingerprint density at radius 1 is 0.920 bits per heavy atom. The minimum absolute atomic E-state index is 0. The van der Waals surface area contributed by atoms with Gasteiger partial charge in [-0.2, -0.15) is 0 Å². The molecule has 1 unspecified atom stereocenters. The Kier molecular flexibility index (Phi) is 11.6. The van der Waals surface area contributed by atoms with Crippen molar-refractivity contribution >= 4 is 0 Å². The van der Waals surface area contributed by atoms with Crippen LogP contribution in [-0.2, 0) is 6.42 Å². The Bertz CT molecular complexity index is 587.